The maximum absolute atomic E-state index is 2.51. The van der Waals surface area contributed by atoms with Crippen LogP contribution in [-0.4, -0.2) is 0 Å². The number of hydrogen-bond donors (Lipinski definition) is 0. The zero-order chi connectivity index (χ0) is 11.7. The summed E-state index contributed by atoms with van der Waals surface area (Å²) >= 11 is 0. The van der Waals surface area contributed by atoms with Crippen LogP contribution < -0.4 is 0 Å². The Balaban J connectivity index is 0.00000144. The largest absolute Gasteiger partial charge is 3.00 e. The molecular formula is C16H23Y+2. The van der Waals surface area contributed by atoms with Gasteiger partial charge in [-0.15, -0.1) is 0 Å². The summed E-state index contributed by atoms with van der Waals surface area (Å²) in [5, 5.41) is 0. The van der Waals surface area contributed by atoms with Crippen LogP contribution in [-0.2, 0) is 32.7 Å². The fourth-order valence-electron chi connectivity index (χ4n) is 2.91. The Labute approximate surface area is 131 Å². The van der Waals surface area contributed by atoms with Crippen LogP contribution >= 0.6 is 0 Å². The van der Waals surface area contributed by atoms with E-state index in [1.54, 1.807) is 5.56 Å². The Morgan fingerprint density at radius 2 is 1.88 bits per heavy atom. The van der Waals surface area contributed by atoms with Crippen LogP contribution in [0.3, 0.4) is 0 Å². The molecule has 0 nitrogen and oxygen atoms in total. The summed E-state index contributed by atoms with van der Waals surface area (Å²) in [7, 11) is 0. The summed E-state index contributed by atoms with van der Waals surface area (Å²) in [5.74, 6) is 2.38. The van der Waals surface area contributed by atoms with Gasteiger partial charge in [-0.25, -0.2) is 0 Å². The molecule has 1 saturated carbocycles. The molecule has 0 saturated heterocycles. The monoisotopic (exact) mass is 304 g/mol. The third-order valence-electron chi connectivity index (χ3n) is 4.21. The van der Waals surface area contributed by atoms with Crippen molar-refractivity contribution in [2.24, 2.45) is 11.8 Å². The summed E-state index contributed by atoms with van der Waals surface area (Å²) in [6.07, 6.45) is 5.12. The van der Waals surface area contributed by atoms with Gasteiger partial charge in [0.2, 0.25) is 0 Å². The van der Waals surface area contributed by atoms with E-state index in [0.29, 0.717) is 0 Å². The molecule has 0 aromatic heterocycles. The molecule has 17 heavy (non-hydrogen) atoms. The van der Waals surface area contributed by atoms with Crippen LogP contribution in [0.4, 0.5) is 0 Å². The van der Waals surface area contributed by atoms with E-state index in [1.165, 1.54) is 24.0 Å². The van der Waals surface area contributed by atoms with Gasteiger partial charge >= 0.3 is 32.7 Å². The first-order valence-electron chi connectivity index (χ1n) is 6.48. The third kappa shape index (κ3) is 3.64. The van der Waals surface area contributed by atoms with Crippen molar-refractivity contribution in [2.45, 2.75) is 46.5 Å². The Bertz CT molecular complexity index is 370. The first-order valence-corrected chi connectivity index (χ1v) is 6.48. The number of benzene rings is 1. The van der Waals surface area contributed by atoms with Crippen molar-refractivity contribution in [1.29, 1.82) is 0 Å². The molecule has 1 aromatic carbocycles. The molecule has 2 rings (SSSR count). The molecule has 0 aliphatic heterocycles. The Kier molecular flexibility index (Phi) is 5.86. The average molecular weight is 304 g/mol. The predicted octanol–water partition coefficient (Wildman–Crippen LogP) is 4.65. The first-order chi connectivity index (χ1) is 7.58. The van der Waals surface area contributed by atoms with Gasteiger partial charge in [0.1, 0.15) is 0 Å². The molecule has 0 amide bonds. The summed E-state index contributed by atoms with van der Waals surface area (Å²) in [4.78, 5) is 0. The molecule has 1 fully saturated rings. The fourth-order valence-corrected chi connectivity index (χ4v) is 2.91. The van der Waals surface area contributed by atoms with Crippen molar-refractivity contribution in [3.8, 4) is 0 Å². The van der Waals surface area contributed by atoms with E-state index in [2.05, 4.69) is 52.3 Å². The first kappa shape index (κ1) is 15.4. The van der Waals surface area contributed by atoms with E-state index < -0.39 is 0 Å². The summed E-state index contributed by atoms with van der Waals surface area (Å²) in [5.41, 5.74) is 4.42. The van der Waals surface area contributed by atoms with Crippen molar-refractivity contribution in [3.63, 3.8) is 0 Å². The van der Waals surface area contributed by atoms with Gasteiger partial charge < -0.3 is 6.42 Å². The van der Waals surface area contributed by atoms with Crippen LogP contribution in [0, 0.1) is 32.1 Å². The van der Waals surface area contributed by atoms with Gasteiger partial charge in [-0.1, -0.05) is 43.5 Å². The summed E-state index contributed by atoms with van der Waals surface area (Å²) in [6, 6.07) is 6.91. The minimum Gasteiger partial charge on any atom is -0.325 e. The van der Waals surface area contributed by atoms with Crippen LogP contribution in [0.5, 0.6) is 0 Å². The second-order valence-electron chi connectivity index (χ2n) is 5.60. The molecule has 3 unspecified atom stereocenters. The number of hydrogen-bond acceptors (Lipinski definition) is 0. The van der Waals surface area contributed by atoms with Crippen LogP contribution in [0.25, 0.3) is 0 Å². The molecule has 1 heteroatoms. The van der Waals surface area contributed by atoms with E-state index in [4.69, 9.17) is 0 Å². The molecule has 0 N–H and O–H groups in total. The zero-order valence-corrected chi connectivity index (χ0v) is 14.4. The van der Waals surface area contributed by atoms with Crippen LogP contribution in [0.15, 0.2) is 18.2 Å². The zero-order valence-electron chi connectivity index (χ0n) is 11.5. The maximum Gasteiger partial charge on any atom is 3.00 e. The minimum atomic E-state index is 0. The van der Waals surface area contributed by atoms with Crippen molar-refractivity contribution in [1.82, 2.24) is 0 Å². The summed E-state index contributed by atoms with van der Waals surface area (Å²) < 4.78 is 0. The number of rotatable bonds is 1. The average Bonchev–Trinajstić information content (AvgIpc) is 2.22. The molecule has 3 atom stereocenters. The second kappa shape index (κ2) is 6.48. The SMILES string of the molecule is Cc1ccc(C2C[CH-]C(C)C(C)C2)c(C)c1.[Y+3]. The van der Waals surface area contributed by atoms with Gasteiger partial charge in [0.15, 0.2) is 0 Å². The fraction of sp³-hybridized carbons (Fsp3) is 0.562. The Morgan fingerprint density at radius 3 is 2.47 bits per heavy atom. The van der Waals surface area contributed by atoms with Crippen LogP contribution in [0.1, 0.15) is 49.3 Å². The molecule has 1 aliphatic carbocycles. The maximum atomic E-state index is 2.51. The van der Waals surface area contributed by atoms with E-state index >= 15 is 0 Å². The normalized spacial score (nSPS) is 28.6. The molecule has 0 radical (unpaired) electrons. The molecule has 1 aromatic rings. The van der Waals surface area contributed by atoms with E-state index in [1.807, 2.05) is 0 Å². The quantitative estimate of drug-likeness (QED) is 0.662. The van der Waals surface area contributed by atoms with E-state index in [-0.39, 0.29) is 32.7 Å². The van der Waals surface area contributed by atoms with Gasteiger partial charge in [0.25, 0.3) is 0 Å². The standard InChI is InChI=1S/C16H23.Y/c1-11-5-8-16(14(4)9-11)15-7-6-12(2)13(3)10-15;/h5-6,8-9,12-13,15H,7,10H2,1-4H3;/q-1;+3. The molecule has 88 valence electrons. The van der Waals surface area contributed by atoms with Gasteiger partial charge in [0.05, 0.1) is 0 Å². The predicted molar refractivity (Wildman–Crippen MR) is 70.5 cm³/mol. The third-order valence-corrected chi connectivity index (χ3v) is 4.21. The molecule has 0 bridgehead atoms. The van der Waals surface area contributed by atoms with Crippen molar-refractivity contribution in [3.05, 3.63) is 41.3 Å². The molecule has 1 aliphatic rings. The second-order valence-corrected chi connectivity index (χ2v) is 5.60. The Morgan fingerprint density at radius 1 is 1.18 bits per heavy atom. The minimum absolute atomic E-state index is 0. The molecular weight excluding hydrogens is 281 g/mol. The van der Waals surface area contributed by atoms with Crippen molar-refractivity contribution in [2.75, 3.05) is 0 Å². The topological polar surface area (TPSA) is 0 Å². The van der Waals surface area contributed by atoms with Gasteiger partial charge in [0, 0.05) is 0 Å². The van der Waals surface area contributed by atoms with Gasteiger partial charge in [-0.05, 0) is 37.3 Å². The van der Waals surface area contributed by atoms with Crippen molar-refractivity contribution >= 4 is 0 Å². The van der Waals surface area contributed by atoms with Crippen molar-refractivity contribution < 1.29 is 32.7 Å². The van der Waals surface area contributed by atoms with E-state index in [9.17, 15) is 0 Å². The molecule has 0 heterocycles. The van der Waals surface area contributed by atoms with Gasteiger partial charge in [-0.2, -0.15) is 12.3 Å². The number of aryl methyl sites for hydroxylation is 2. The van der Waals surface area contributed by atoms with Gasteiger partial charge in [-0.3, -0.25) is 0 Å². The molecule has 0 spiro atoms. The smallest absolute Gasteiger partial charge is 0.325 e. The summed E-state index contributed by atoms with van der Waals surface area (Å²) in [6.45, 7) is 9.17. The van der Waals surface area contributed by atoms with E-state index in [0.717, 1.165) is 17.8 Å². The Hall–Kier alpha value is 0.324. The van der Waals surface area contributed by atoms with Crippen LogP contribution in [0.2, 0.25) is 0 Å².